The largest absolute Gasteiger partial charge is 0.479 e. The van der Waals surface area contributed by atoms with Gasteiger partial charge in [-0.05, 0) is 48.6 Å². The average Bonchev–Trinajstić information content (AvgIpc) is 2.73. The van der Waals surface area contributed by atoms with Crippen molar-refractivity contribution >= 4 is 16.9 Å². The third-order valence-corrected chi connectivity index (χ3v) is 4.76. The van der Waals surface area contributed by atoms with Gasteiger partial charge in [0.05, 0.1) is 12.0 Å². The second-order valence-corrected chi connectivity index (χ2v) is 8.39. The molecule has 0 amide bonds. The van der Waals surface area contributed by atoms with Crippen LogP contribution in [0.5, 0.6) is 17.2 Å². The molecule has 0 radical (unpaired) electrons. The van der Waals surface area contributed by atoms with Crippen LogP contribution >= 0.6 is 0 Å². The van der Waals surface area contributed by atoms with E-state index in [-0.39, 0.29) is 16.6 Å². The fraction of sp³-hybridized carbons (Fsp3) is 0.360. The number of esters is 1. The lowest BCUT2D eigenvalue weighted by Crippen LogP contribution is -2.26. The molecule has 0 aliphatic carbocycles. The Morgan fingerprint density at radius 1 is 1.06 bits per heavy atom. The third-order valence-electron chi connectivity index (χ3n) is 4.76. The lowest BCUT2D eigenvalue weighted by atomic mass is 9.87. The highest BCUT2D eigenvalue weighted by molar-refractivity contribution is 5.79. The molecule has 0 aliphatic rings. The summed E-state index contributed by atoms with van der Waals surface area (Å²) in [5.74, 6) is 0.618. The fourth-order valence-corrected chi connectivity index (χ4v) is 2.96. The fourth-order valence-electron chi connectivity index (χ4n) is 2.96. The van der Waals surface area contributed by atoms with Gasteiger partial charge in [-0.1, -0.05) is 39.8 Å². The Morgan fingerprint density at radius 2 is 1.74 bits per heavy atom. The molecule has 0 bridgehead atoms. The van der Waals surface area contributed by atoms with E-state index in [0.29, 0.717) is 29.1 Å². The van der Waals surface area contributed by atoms with E-state index in [4.69, 9.17) is 18.6 Å². The molecule has 2 aromatic carbocycles. The molecule has 164 valence electrons. The Hall–Kier alpha value is -3.28. The van der Waals surface area contributed by atoms with E-state index in [2.05, 4.69) is 20.8 Å². The van der Waals surface area contributed by atoms with Gasteiger partial charge in [-0.3, -0.25) is 4.79 Å². The van der Waals surface area contributed by atoms with Gasteiger partial charge in [0, 0.05) is 6.07 Å². The molecule has 1 aromatic heterocycles. The van der Waals surface area contributed by atoms with Crippen LogP contribution in [-0.4, -0.2) is 18.7 Å². The highest BCUT2D eigenvalue weighted by Crippen LogP contribution is 2.27. The van der Waals surface area contributed by atoms with Crippen LogP contribution in [0.3, 0.4) is 0 Å². The first kappa shape index (κ1) is 22.4. The van der Waals surface area contributed by atoms with Crippen LogP contribution in [0.15, 0.2) is 57.9 Å². The highest BCUT2D eigenvalue weighted by Gasteiger charge is 2.18. The molecule has 0 saturated carbocycles. The quantitative estimate of drug-likeness (QED) is 0.459. The lowest BCUT2D eigenvalue weighted by Gasteiger charge is -2.19. The van der Waals surface area contributed by atoms with Gasteiger partial charge < -0.3 is 18.6 Å². The summed E-state index contributed by atoms with van der Waals surface area (Å²) in [4.78, 5) is 24.7. The van der Waals surface area contributed by atoms with Crippen LogP contribution in [0.4, 0.5) is 0 Å². The van der Waals surface area contributed by atoms with Crippen molar-refractivity contribution in [3.8, 4) is 17.2 Å². The molecule has 0 N–H and O–H groups in total. The maximum atomic E-state index is 12.8. The predicted molar refractivity (Wildman–Crippen MR) is 119 cm³/mol. The Kier molecular flexibility index (Phi) is 6.68. The standard InChI is InChI=1S/C25H28O6/c1-6-13-28-24(27)16(2)30-19-11-12-20-21(14-19)29-15-22(23(20)26)31-18-9-7-17(8-10-18)25(3,4)5/h7-12,14-16H,6,13H2,1-5H3/t16-/m0/s1. The van der Waals surface area contributed by atoms with Crippen molar-refractivity contribution in [3.63, 3.8) is 0 Å². The third kappa shape index (κ3) is 5.45. The number of carbonyl (C=O) groups is 1. The summed E-state index contributed by atoms with van der Waals surface area (Å²) >= 11 is 0. The minimum atomic E-state index is -0.769. The molecule has 0 spiro atoms. The summed E-state index contributed by atoms with van der Waals surface area (Å²) in [5, 5.41) is 0.359. The Labute approximate surface area is 181 Å². The lowest BCUT2D eigenvalue weighted by molar-refractivity contribution is -0.151. The zero-order chi connectivity index (χ0) is 22.6. The van der Waals surface area contributed by atoms with Crippen molar-refractivity contribution in [2.45, 2.75) is 52.6 Å². The van der Waals surface area contributed by atoms with E-state index in [0.717, 1.165) is 6.42 Å². The second kappa shape index (κ2) is 9.25. The normalized spacial score (nSPS) is 12.4. The molecule has 1 atom stereocenters. The van der Waals surface area contributed by atoms with Crippen molar-refractivity contribution in [1.29, 1.82) is 0 Å². The SMILES string of the molecule is CCCOC(=O)[C@H](C)Oc1ccc2c(=O)c(Oc3ccc(C(C)(C)C)cc3)coc2c1. The monoisotopic (exact) mass is 424 g/mol. The zero-order valence-electron chi connectivity index (χ0n) is 18.6. The van der Waals surface area contributed by atoms with Crippen LogP contribution in [0.1, 0.15) is 46.6 Å². The van der Waals surface area contributed by atoms with Gasteiger partial charge in [0.1, 0.15) is 23.3 Å². The number of carbonyl (C=O) groups excluding carboxylic acids is 1. The maximum Gasteiger partial charge on any atom is 0.347 e. The molecule has 6 heteroatoms. The first-order chi connectivity index (χ1) is 14.7. The molecular weight excluding hydrogens is 396 g/mol. The van der Waals surface area contributed by atoms with Crippen molar-refractivity contribution in [2.24, 2.45) is 0 Å². The molecular formula is C25H28O6. The molecule has 0 saturated heterocycles. The molecule has 6 nitrogen and oxygen atoms in total. The van der Waals surface area contributed by atoms with E-state index >= 15 is 0 Å². The molecule has 3 rings (SSSR count). The first-order valence-corrected chi connectivity index (χ1v) is 10.4. The van der Waals surface area contributed by atoms with Crippen molar-refractivity contribution in [1.82, 2.24) is 0 Å². The van der Waals surface area contributed by atoms with Crippen LogP contribution in [0.25, 0.3) is 11.0 Å². The summed E-state index contributed by atoms with van der Waals surface area (Å²) < 4.78 is 22.0. The molecule has 0 fully saturated rings. The molecule has 3 aromatic rings. The van der Waals surface area contributed by atoms with E-state index in [9.17, 15) is 9.59 Å². The predicted octanol–water partition coefficient (Wildman–Crippen LogP) is 5.60. The summed E-state index contributed by atoms with van der Waals surface area (Å²) in [7, 11) is 0. The van der Waals surface area contributed by atoms with Crippen LogP contribution in [0.2, 0.25) is 0 Å². The zero-order valence-corrected chi connectivity index (χ0v) is 18.6. The van der Waals surface area contributed by atoms with Gasteiger partial charge in [-0.25, -0.2) is 4.79 Å². The minimum absolute atomic E-state index is 0.0323. The average molecular weight is 424 g/mol. The van der Waals surface area contributed by atoms with Crippen molar-refractivity contribution < 1.29 is 23.4 Å². The Bertz CT molecular complexity index is 1110. The number of fused-ring (bicyclic) bond motifs is 1. The van der Waals surface area contributed by atoms with Gasteiger partial charge in [0.15, 0.2) is 6.10 Å². The molecule has 0 unspecified atom stereocenters. The summed E-state index contributed by atoms with van der Waals surface area (Å²) in [6.07, 6.45) is 1.25. The van der Waals surface area contributed by atoms with Crippen LogP contribution in [-0.2, 0) is 14.9 Å². The molecule has 1 heterocycles. The van der Waals surface area contributed by atoms with Crippen LogP contribution in [0, 0.1) is 0 Å². The highest BCUT2D eigenvalue weighted by atomic mass is 16.6. The molecule has 0 aliphatic heterocycles. The summed E-state index contributed by atoms with van der Waals surface area (Å²) in [6.45, 7) is 10.3. The Morgan fingerprint density at radius 3 is 2.39 bits per heavy atom. The number of hydrogen-bond acceptors (Lipinski definition) is 6. The van der Waals surface area contributed by atoms with Gasteiger partial charge in [0.2, 0.25) is 11.2 Å². The number of hydrogen-bond donors (Lipinski definition) is 0. The maximum absolute atomic E-state index is 12.8. The smallest absolute Gasteiger partial charge is 0.347 e. The van der Waals surface area contributed by atoms with E-state index < -0.39 is 12.1 Å². The second-order valence-electron chi connectivity index (χ2n) is 8.39. The Balaban J connectivity index is 1.77. The van der Waals surface area contributed by atoms with Gasteiger partial charge in [-0.2, -0.15) is 0 Å². The number of rotatable bonds is 7. The number of ether oxygens (including phenoxy) is 3. The molecule has 31 heavy (non-hydrogen) atoms. The topological polar surface area (TPSA) is 75.0 Å². The van der Waals surface area contributed by atoms with Gasteiger partial charge in [-0.15, -0.1) is 0 Å². The van der Waals surface area contributed by atoms with Crippen LogP contribution < -0.4 is 14.9 Å². The summed E-state index contributed by atoms with van der Waals surface area (Å²) in [5.41, 5.74) is 1.26. The minimum Gasteiger partial charge on any atom is -0.479 e. The van der Waals surface area contributed by atoms with E-state index in [1.807, 2.05) is 31.2 Å². The van der Waals surface area contributed by atoms with E-state index in [1.54, 1.807) is 25.1 Å². The van der Waals surface area contributed by atoms with Crippen molar-refractivity contribution in [2.75, 3.05) is 6.61 Å². The summed E-state index contributed by atoms with van der Waals surface area (Å²) in [6, 6.07) is 12.4. The van der Waals surface area contributed by atoms with Crippen molar-refractivity contribution in [3.05, 3.63) is 64.5 Å². The van der Waals surface area contributed by atoms with Gasteiger partial charge >= 0.3 is 5.97 Å². The number of benzene rings is 2. The first-order valence-electron chi connectivity index (χ1n) is 10.4. The van der Waals surface area contributed by atoms with E-state index in [1.165, 1.54) is 11.8 Å². The van der Waals surface area contributed by atoms with Gasteiger partial charge in [0.25, 0.3) is 0 Å².